The number of hydrogen-bond acceptors (Lipinski definition) is 3. The van der Waals surface area contributed by atoms with Crippen LogP contribution in [0, 0.1) is 5.92 Å². The van der Waals surface area contributed by atoms with Gasteiger partial charge in [-0.1, -0.05) is 65.6 Å². The highest BCUT2D eigenvalue weighted by Gasteiger charge is 2.40. The van der Waals surface area contributed by atoms with E-state index < -0.39 is 0 Å². The maximum atomic E-state index is 9.60. The summed E-state index contributed by atoms with van der Waals surface area (Å²) in [6.07, 6.45) is 2.58. The molecule has 3 atom stereocenters. The number of benzene rings is 2. The van der Waals surface area contributed by atoms with E-state index in [0.717, 1.165) is 23.4 Å². The molecular weight excluding hydrogens is 367 g/mol. The van der Waals surface area contributed by atoms with Crippen LogP contribution < -0.4 is 0 Å². The molecule has 3 unspecified atom stereocenters. The van der Waals surface area contributed by atoms with Crippen molar-refractivity contribution in [3.63, 3.8) is 0 Å². The van der Waals surface area contributed by atoms with Crippen LogP contribution in [0.3, 0.4) is 0 Å². The first-order chi connectivity index (χ1) is 12.5. The van der Waals surface area contributed by atoms with E-state index in [9.17, 15) is 5.21 Å². The number of hydrogen-bond donors (Lipinski definition) is 1. The molecule has 26 heavy (non-hydrogen) atoms. The van der Waals surface area contributed by atoms with E-state index >= 15 is 0 Å². The van der Waals surface area contributed by atoms with Gasteiger partial charge in [0.25, 0.3) is 0 Å². The van der Waals surface area contributed by atoms with Crippen LogP contribution in [-0.2, 0) is 0 Å². The number of likely N-dealkylation sites (tertiary alicyclic amines) is 1. The van der Waals surface area contributed by atoms with Crippen molar-refractivity contribution in [3.05, 3.63) is 82.4 Å². The Balaban J connectivity index is 2.07. The van der Waals surface area contributed by atoms with Gasteiger partial charge in [-0.15, -0.1) is 6.58 Å². The fourth-order valence-electron chi connectivity index (χ4n) is 3.82. The number of piperidine rings is 1. The molecule has 136 valence electrons. The van der Waals surface area contributed by atoms with E-state index in [0.29, 0.717) is 16.5 Å². The van der Waals surface area contributed by atoms with Gasteiger partial charge in [0.2, 0.25) is 0 Å². The first kappa shape index (κ1) is 19.0. The maximum Gasteiger partial charge on any atom is 0.0636 e. The highest BCUT2D eigenvalue weighted by molar-refractivity contribution is 6.30. The molecule has 0 amide bonds. The molecule has 1 heterocycles. The highest BCUT2D eigenvalue weighted by atomic mass is 35.5. The average Bonchev–Trinajstić information content (AvgIpc) is 2.64. The third-order valence-electron chi connectivity index (χ3n) is 5.09. The fraction of sp³-hybridized carbons (Fsp3) is 0.286. The van der Waals surface area contributed by atoms with Gasteiger partial charge in [-0.2, -0.15) is 0 Å². The molecule has 0 saturated carbocycles. The Hall–Kier alpha value is -1.81. The van der Waals surface area contributed by atoms with E-state index in [1.807, 2.05) is 54.6 Å². The molecule has 0 spiro atoms. The molecule has 1 N–H and O–H groups in total. The lowest BCUT2D eigenvalue weighted by molar-refractivity contribution is 0.109. The predicted molar refractivity (Wildman–Crippen MR) is 108 cm³/mol. The van der Waals surface area contributed by atoms with Gasteiger partial charge < -0.3 is 5.21 Å². The smallest absolute Gasteiger partial charge is 0.0636 e. The number of oxime groups is 1. The largest absolute Gasteiger partial charge is 0.411 e. The van der Waals surface area contributed by atoms with Crippen molar-refractivity contribution in [2.45, 2.75) is 25.4 Å². The summed E-state index contributed by atoms with van der Waals surface area (Å²) in [6.45, 7) is 6.77. The van der Waals surface area contributed by atoms with Gasteiger partial charge in [-0.25, -0.2) is 0 Å². The summed E-state index contributed by atoms with van der Waals surface area (Å²) in [6, 6.07) is 15.9. The van der Waals surface area contributed by atoms with Crippen molar-refractivity contribution in [3.8, 4) is 0 Å². The number of nitrogens with zero attached hydrogens (tertiary/aromatic N) is 2. The zero-order valence-corrected chi connectivity index (χ0v) is 16.2. The standard InChI is InChI=1S/C21H22Cl2N2O/c1-3-12-25-20(15-4-8-17(22)9-5-15)13-19(24-26)14(2)21(25)16-6-10-18(23)11-7-16/h3-11,14,20-21,26H,1,12-13H2,2H3/b24-19+. The average molecular weight is 389 g/mol. The fourth-order valence-corrected chi connectivity index (χ4v) is 4.07. The van der Waals surface area contributed by atoms with Crippen LogP contribution in [0.1, 0.15) is 36.6 Å². The Morgan fingerprint density at radius 3 is 2.12 bits per heavy atom. The zero-order chi connectivity index (χ0) is 18.7. The lowest BCUT2D eigenvalue weighted by atomic mass is 9.79. The lowest BCUT2D eigenvalue weighted by Gasteiger charge is -2.46. The quantitative estimate of drug-likeness (QED) is 0.388. The molecule has 3 nitrogen and oxygen atoms in total. The monoisotopic (exact) mass is 388 g/mol. The molecule has 1 fully saturated rings. The normalized spacial score (nSPS) is 25.3. The van der Waals surface area contributed by atoms with Crippen molar-refractivity contribution in [2.75, 3.05) is 6.54 Å². The molecule has 0 aliphatic carbocycles. The van der Waals surface area contributed by atoms with Gasteiger partial charge in [0.15, 0.2) is 0 Å². The van der Waals surface area contributed by atoms with E-state index in [1.165, 1.54) is 0 Å². The summed E-state index contributed by atoms with van der Waals surface area (Å²) in [5.41, 5.74) is 3.08. The minimum absolute atomic E-state index is 0.0607. The summed E-state index contributed by atoms with van der Waals surface area (Å²) in [5, 5.41) is 14.6. The zero-order valence-electron chi connectivity index (χ0n) is 14.6. The van der Waals surface area contributed by atoms with Crippen LogP contribution in [0.5, 0.6) is 0 Å². The molecule has 1 aliphatic rings. The third kappa shape index (κ3) is 3.80. The molecular formula is C21H22Cl2N2O. The van der Waals surface area contributed by atoms with Crippen LogP contribution in [0.25, 0.3) is 0 Å². The van der Waals surface area contributed by atoms with Gasteiger partial charge in [0.1, 0.15) is 0 Å². The molecule has 5 heteroatoms. The van der Waals surface area contributed by atoms with Gasteiger partial charge in [-0.3, -0.25) is 4.90 Å². The Bertz CT molecular complexity index is 787. The van der Waals surface area contributed by atoms with Gasteiger partial charge >= 0.3 is 0 Å². The molecule has 0 aromatic heterocycles. The Kier molecular flexibility index (Phi) is 6.02. The summed E-state index contributed by atoms with van der Waals surface area (Å²) < 4.78 is 0. The highest BCUT2D eigenvalue weighted by Crippen LogP contribution is 2.43. The van der Waals surface area contributed by atoms with Gasteiger partial charge in [0, 0.05) is 41.0 Å². The third-order valence-corrected chi connectivity index (χ3v) is 5.60. The van der Waals surface area contributed by atoms with Crippen LogP contribution in [0.4, 0.5) is 0 Å². The molecule has 3 rings (SSSR count). The number of halogens is 2. The van der Waals surface area contributed by atoms with Gasteiger partial charge in [0.05, 0.1) is 5.71 Å². The SMILES string of the molecule is C=CCN1C(c2ccc(Cl)cc2)C/C(=N\O)C(C)C1c1ccc(Cl)cc1. The minimum atomic E-state index is 0.0607. The second-order valence-corrected chi connectivity index (χ2v) is 7.51. The Morgan fingerprint density at radius 2 is 1.62 bits per heavy atom. The van der Waals surface area contributed by atoms with Crippen molar-refractivity contribution < 1.29 is 5.21 Å². The van der Waals surface area contributed by atoms with Gasteiger partial charge in [-0.05, 0) is 35.4 Å². The summed E-state index contributed by atoms with van der Waals surface area (Å²) in [4.78, 5) is 2.40. The topological polar surface area (TPSA) is 35.8 Å². The molecule has 1 aliphatic heterocycles. The van der Waals surface area contributed by atoms with Crippen LogP contribution in [0.2, 0.25) is 10.0 Å². The second-order valence-electron chi connectivity index (χ2n) is 6.63. The Labute approximate surface area is 164 Å². The maximum absolute atomic E-state index is 9.60. The Morgan fingerprint density at radius 1 is 1.08 bits per heavy atom. The summed E-state index contributed by atoms with van der Waals surface area (Å²) in [7, 11) is 0. The molecule has 2 aromatic carbocycles. The van der Waals surface area contributed by atoms with E-state index in [-0.39, 0.29) is 18.0 Å². The van der Waals surface area contributed by atoms with Crippen LogP contribution in [0.15, 0.2) is 66.3 Å². The lowest BCUT2D eigenvalue weighted by Crippen LogP contribution is -2.44. The van der Waals surface area contributed by atoms with Crippen LogP contribution >= 0.6 is 23.2 Å². The molecule has 1 saturated heterocycles. The first-order valence-corrected chi connectivity index (χ1v) is 9.39. The second kappa shape index (κ2) is 8.26. The minimum Gasteiger partial charge on any atom is -0.411 e. The van der Waals surface area contributed by atoms with E-state index in [4.69, 9.17) is 23.2 Å². The summed E-state index contributed by atoms with van der Waals surface area (Å²) >= 11 is 12.1. The van der Waals surface area contributed by atoms with Crippen molar-refractivity contribution in [2.24, 2.45) is 11.1 Å². The number of rotatable bonds is 4. The van der Waals surface area contributed by atoms with Crippen molar-refractivity contribution >= 4 is 28.9 Å². The molecule has 2 aromatic rings. The van der Waals surface area contributed by atoms with Crippen LogP contribution in [-0.4, -0.2) is 22.4 Å². The van der Waals surface area contributed by atoms with Crippen molar-refractivity contribution in [1.82, 2.24) is 4.90 Å². The summed E-state index contributed by atoms with van der Waals surface area (Å²) in [5.74, 6) is 0.0738. The van der Waals surface area contributed by atoms with E-state index in [1.54, 1.807) is 0 Å². The first-order valence-electron chi connectivity index (χ1n) is 8.63. The predicted octanol–water partition coefficient (Wildman–Crippen LogP) is 6.13. The van der Waals surface area contributed by atoms with E-state index in [2.05, 4.69) is 23.6 Å². The molecule has 0 bridgehead atoms. The van der Waals surface area contributed by atoms with Crippen molar-refractivity contribution in [1.29, 1.82) is 0 Å². The molecule has 0 radical (unpaired) electrons.